The van der Waals surface area contributed by atoms with Crippen molar-refractivity contribution in [1.82, 2.24) is 9.55 Å². The van der Waals surface area contributed by atoms with Crippen LogP contribution < -0.4 is 10.9 Å². The van der Waals surface area contributed by atoms with Crippen LogP contribution in [0.2, 0.25) is 5.02 Å². The van der Waals surface area contributed by atoms with E-state index in [0.717, 1.165) is 11.8 Å². The van der Waals surface area contributed by atoms with Crippen LogP contribution in [0.4, 0.5) is 5.69 Å². The van der Waals surface area contributed by atoms with Gasteiger partial charge in [0.25, 0.3) is 5.56 Å². The zero-order valence-corrected chi connectivity index (χ0v) is 19.8. The number of fused-ring (bicyclic) bond motifs is 1. The van der Waals surface area contributed by atoms with Crippen molar-refractivity contribution in [2.45, 2.75) is 12.1 Å². The van der Waals surface area contributed by atoms with Crippen LogP contribution in [-0.2, 0) is 9.53 Å². The quantitative estimate of drug-likeness (QED) is 0.218. The van der Waals surface area contributed by atoms with Gasteiger partial charge in [-0.2, -0.15) is 0 Å². The largest absolute Gasteiger partial charge is 0.462 e. The molecule has 0 atom stereocenters. The number of thioether (sulfide) groups is 1. The molecule has 4 aromatic rings. The highest BCUT2D eigenvalue weighted by Gasteiger charge is 2.17. The molecule has 2 aromatic heterocycles. The van der Waals surface area contributed by atoms with Crippen molar-refractivity contribution in [2.24, 2.45) is 0 Å². The molecule has 0 spiro atoms. The van der Waals surface area contributed by atoms with E-state index in [0.29, 0.717) is 31.8 Å². The summed E-state index contributed by atoms with van der Waals surface area (Å²) in [6.45, 7) is 1.95. The Balaban J connectivity index is 1.60. The molecule has 0 fully saturated rings. The number of amides is 1. The Labute approximate surface area is 202 Å². The van der Waals surface area contributed by atoms with Crippen LogP contribution in [0, 0.1) is 0 Å². The van der Waals surface area contributed by atoms with Gasteiger partial charge in [0.2, 0.25) is 5.91 Å². The molecular formula is C23H18ClN3O4S2. The second kappa shape index (κ2) is 10.2. The lowest BCUT2D eigenvalue weighted by molar-refractivity contribution is -0.113. The first-order chi connectivity index (χ1) is 16.0. The van der Waals surface area contributed by atoms with Gasteiger partial charge in [-0.05, 0) is 54.8 Å². The van der Waals surface area contributed by atoms with Gasteiger partial charge in [-0.25, -0.2) is 9.78 Å². The average molecular weight is 500 g/mol. The van der Waals surface area contributed by atoms with Gasteiger partial charge in [0.05, 0.1) is 34.8 Å². The number of ether oxygens (including phenoxy) is 1. The van der Waals surface area contributed by atoms with E-state index < -0.39 is 5.97 Å². The molecule has 2 heterocycles. The Morgan fingerprint density at radius 2 is 1.91 bits per heavy atom. The fourth-order valence-electron chi connectivity index (χ4n) is 3.10. The normalized spacial score (nSPS) is 10.8. The van der Waals surface area contributed by atoms with Crippen molar-refractivity contribution in [1.29, 1.82) is 0 Å². The molecule has 0 aliphatic heterocycles. The van der Waals surface area contributed by atoms with E-state index in [9.17, 15) is 14.4 Å². The highest BCUT2D eigenvalue weighted by Crippen LogP contribution is 2.25. The van der Waals surface area contributed by atoms with Crippen LogP contribution in [0.25, 0.3) is 15.9 Å². The number of esters is 1. The number of nitrogens with one attached hydrogen (secondary N) is 1. The van der Waals surface area contributed by atoms with Crippen LogP contribution >= 0.6 is 34.7 Å². The predicted molar refractivity (Wildman–Crippen MR) is 132 cm³/mol. The summed E-state index contributed by atoms with van der Waals surface area (Å²) in [5.74, 6) is -0.881. The second-order valence-electron chi connectivity index (χ2n) is 6.75. The van der Waals surface area contributed by atoms with Crippen molar-refractivity contribution < 1.29 is 14.3 Å². The number of hydrogen-bond acceptors (Lipinski definition) is 7. The molecule has 0 unspecified atom stereocenters. The van der Waals surface area contributed by atoms with Gasteiger partial charge >= 0.3 is 5.97 Å². The summed E-state index contributed by atoms with van der Waals surface area (Å²) in [7, 11) is 0. The van der Waals surface area contributed by atoms with E-state index in [1.54, 1.807) is 66.9 Å². The van der Waals surface area contributed by atoms with Gasteiger partial charge in [0.15, 0.2) is 5.16 Å². The topological polar surface area (TPSA) is 90.3 Å². The minimum atomic E-state index is -0.512. The van der Waals surface area contributed by atoms with Gasteiger partial charge in [-0.15, -0.1) is 11.3 Å². The second-order valence-corrected chi connectivity index (χ2v) is 9.04. The Bertz CT molecular complexity index is 1380. The molecular weight excluding hydrogens is 482 g/mol. The number of carbonyl (C=O) groups is 2. The zero-order chi connectivity index (χ0) is 23.4. The Morgan fingerprint density at radius 1 is 1.15 bits per heavy atom. The maximum atomic E-state index is 13.1. The number of anilines is 1. The molecule has 4 rings (SSSR count). The van der Waals surface area contributed by atoms with Crippen LogP contribution in [0.5, 0.6) is 0 Å². The van der Waals surface area contributed by atoms with E-state index in [1.807, 2.05) is 0 Å². The first-order valence-electron chi connectivity index (χ1n) is 9.93. The highest BCUT2D eigenvalue weighted by atomic mass is 35.5. The monoisotopic (exact) mass is 499 g/mol. The lowest BCUT2D eigenvalue weighted by Gasteiger charge is -2.13. The highest BCUT2D eigenvalue weighted by molar-refractivity contribution is 7.99. The van der Waals surface area contributed by atoms with E-state index in [1.165, 1.54) is 15.9 Å². The summed E-state index contributed by atoms with van der Waals surface area (Å²) in [4.78, 5) is 42.6. The molecule has 1 N–H and O–H groups in total. The summed E-state index contributed by atoms with van der Waals surface area (Å²) in [5, 5.41) is 5.47. The SMILES string of the molecule is CCOC(=O)c1ccccc1NC(=O)CSc1nc2ccsc2c(=O)n1-c1ccc(Cl)cc1. The molecule has 1 amide bonds. The number of carbonyl (C=O) groups excluding carboxylic acids is 2. The van der Waals surface area contributed by atoms with E-state index in [-0.39, 0.29) is 29.4 Å². The van der Waals surface area contributed by atoms with Crippen LogP contribution in [0.15, 0.2) is 69.9 Å². The summed E-state index contributed by atoms with van der Waals surface area (Å²) < 4.78 is 7.05. The van der Waals surface area contributed by atoms with Crippen molar-refractivity contribution in [3.8, 4) is 5.69 Å². The Kier molecular flexibility index (Phi) is 7.12. The predicted octanol–water partition coefficient (Wildman–Crippen LogP) is 5.01. The number of hydrogen-bond donors (Lipinski definition) is 1. The Hall–Kier alpha value is -3.14. The number of nitrogens with zero attached hydrogens (tertiary/aromatic N) is 2. The fourth-order valence-corrected chi connectivity index (χ4v) is 4.80. The van der Waals surface area contributed by atoms with E-state index >= 15 is 0 Å². The summed E-state index contributed by atoms with van der Waals surface area (Å²) in [6, 6.07) is 15.2. The van der Waals surface area contributed by atoms with Crippen molar-refractivity contribution in [3.05, 3.63) is 80.9 Å². The molecule has 0 saturated carbocycles. The first kappa shape index (κ1) is 23.0. The number of thiophene rings is 1. The molecule has 0 aliphatic carbocycles. The maximum Gasteiger partial charge on any atom is 0.340 e. The lowest BCUT2D eigenvalue weighted by atomic mass is 10.2. The number of aromatic nitrogens is 2. The fraction of sp³-hybridized carbons (Fsp3) is 0.130. The molecule has 0 aliphatic rings. The average Bonchev–Trinajstić information content (AvgIpc) is 3.28. The van der Waals surface area contributed by atoms with Gasteiger partial charge in [0.1, 0.15) is 4.70 Å². The number of para-hydroxylation sites is 1. The third kappa shape index (κ3) is 5.11. The standard InChI is InChI=1S/C23H18ClN3O4S2/c1-2-31-22(30)16-5-3-4-6-17(16)25-19(28)13-33-23-26-18-11-12-32-20(18)21(29)27(23)15-9-7-14(24)8-10-15/h3-12H,2,13H2,1H3,(H,25,28). The molecule has 0 bridgehead atoms. The van der Waals surface area contributed by atoms with Gasteiger partial charge in [0, 0.05) is 5.02 Å². The molecule has 7 nitrogen and oxygen atoms in total. The third-order valence-electron chi connectivity index (χ3n) is 4.56. The zero-order valence-electron chi connectivity index (χ0n) is 17.4. The number of rotatable bonds is 7. The van der Waals surface area contributed by atoms with Crippen molar-refractivity contribution in [3.63, 3.8) is 0 Å². The number of halogens is 1. The van der Waals surface area contributed by atoms with Crippen LogP contribution in [0.3, 0.4) is 0 Å². The van der Waals surface area contributed by atoms with Gasteiger partial charge in [-0.1, -0.05) is 35.5 Å². The molecule has 33 heavy (non-hydrogen) atoms. The number of benzene rings is 2. The van der Waals surface area contributed by atoms with Crippen molar-refractivity contribution >= 4 is 62.5 Å². The smallest absolute Gasteiger partial charge is 0.340 e. The first-order valence-corrected chi connectivity index (χ1v) is 12.2. The Morgan fingerprint density at radius 3 is 2.67 bits per heavy atom. The van der Waals surface area contributed by atoms with E-state index in [2.05, 4.69) is 10.3 Å². The molecule has 10 heteroatoms. The lowest BCUT2D eigenvalue weighted by Crippen LogP contribution is -2.22. The summed E-state index contributed by atoms with van der Waals surface area (Å²) in [5.41, 5.74) is 1.59. The molecule has 0 radical (unpaired) electrons. The van der Waals surface area contributed by atoms with Crippen molar-refractivity contribution in [2.75, 3.05) is 17.7 Å². The molecule has 168 valence electrons. The third-order valence-corrected chi connectivity index (χ3v) is 6.65. The maximum absolute atomic E-state index is 13.1. The minimum absolute atomic E-state index is 0.0210. The van der Waals surface area contributed by atoms with Crippen LogP contribution in [0.1, 0.15) is 17.3 Å². The van der Waals surface area contributed by atoms with Crippen LogP contribution in [-0.4, -0.2) is 33.8 Å². The summed E-state index contributed by atoms with van der Waals surface area (Å²) >= 11 is 8.44. The van der Waals surface area contributed by atoms with Gasteiger partial charge in [-0.3, -0.25) is 14.2 Å². The van der Waals surface area contributed by atoms with Gasteiger partial charge < -0.3 is 10.1 Å². The van der Waals surface area contributed by atoms with E-state index in [4.69, 9.17) is 16.3 Å². The summed E-state index contributed by atoms with van der Waals surface area (Å²) in [6.07, 6.45) is 0. The molecule has 0 saturated heterocycles. The molecule has 2 aromatic carbocycles. The minimum Gasteiger partial charge on any atom is -0.462 e.